The topological polar surface area (TPSA) is 153 Å². The predicted molar refractivity (Wildman–Crippen MR) is 171 cm³/mol. The predicted octanol–water partition coefficient (Wildman–Crippen LogP) is 8.05. The minimum atomic E-state index is -0.625. The molecule has 1 unspecified atom stereocenters. The molecule has 224 valence electrons. The highest BCUT2D eigenvalue weighted by molar-refractivity contribution is 6.33. The molecular weight excluding hydrogens is 607 g/mol. The second-order valence-electron chi connectivity index (χ2n) is 10.2. The van der Waals surface area contributed by atoms with Gasteiger partial charge in [0.05, 0.1) is 55.7 Å². The van der Waals surface area contributed by atoms with E-state index < -0.39 is 16.0 Å². The Morgan fingerprint density at radius 1 is 0.818 bits per heavy atom. The summed E-state index contributed by atoms with van der Waals surface area (Å²) in [6.07, 6.45) is -0.625. The van der Waals surface area contributed by atoms with Gasteiger partial charge in [0.15, 0.2) is 0 Å². The fourth-order valence-corrected chi connectivity index (χ4v) is 5.51. The molecule has 0 aliphatic heterocycles. The average Bonchev–Trinajstić information content (AvgIpc) is 3.56. The van der Waals surface area contributed by atoms with Crippen molar-refractivity contribution in [3.8, 4) is 22.8 Å². The van der Waals surface area contributed by atoms with E-state index in [4.69, 9.17) is 23.2 Å². The summed E-state index contributed by atoms with van der Waals surface area (Å²) in [5.41, 5.74) is 5.60. The first-order valence-corrected chi connectivity index (χ1v) is 14.2. The van der Waals surface area contributed by atoms with E-state index in [0.717, 1.165) is 33.2 Å². The molecule has 0 bridgehead atoms. The molecule has 11 nitrogen and oxygen atoms in total. The molecule has 0 spiro atoms. The smallest absolute Gasteiger partial charge is 0.298 e. The number of nitrogens with zero attached hydrogens (tertiary/aromatic N) is 5. The zero-order chi connectivity index (χ0) is 31.7. The standard InChI is InChI=1S/C17H16ClN3O3.C14H10ClN3O2/c1-10-5-3-8-14-15(10)19-17(20(14)9-11(2)22)12-6-4-7-13(18)16(12)21(23)24;1-8-4-2-7-11-12(8)17-14(16-11)9-5-3-6-10(15)13(9)18(19)20/h3-8,11,22H,9H2,1-2H3;2-7H,1H3,(H,16,17). The third-order valence-corrected chi connectivity index (χ3v) is 7.59. The van der Waals surface area contributed by atoms with Crippen molar-refractivity contribution in [1.29, 1.82) is 0 Å². The van der Waals surface area contributed by atoms with Crippen LogP contribution in [-0.4, -0.2) is 40.6 Å². The Labute approximate surface area is 261 Å². The largest absolute Gasteiger partial charge is 0.392 e. The van der Waals surface area contributed by atoms with Crippen LogP contribution in [0.15, 0.2) is 72.8 Å². The second kappa shape index (κ2) is 12.4. The normalized spacial score (nSPS) is 11.8. The molecule has 6 aromatic rings. The first-order chi connectivity index (χ1) is 21.0. The summed E-state index contributed by atoms with van der Waals surface area (Å²) in [6.45, 7) is 5.81. The first-order valence-electron chi connectivity index (χ1n) is 13.4. The van der Waals surface area contributed by atoms with Gasteiger partial charge < -0.3 is 14.7 Å². The number of rotatable bonds is 6. The van der Waals surface area contributed by atoms with Crippen molar-refractivity contribution in [2.45, 2.75) is 33.4 Å². The van der Waals surface area contributed by atoms with Crippen molar-refractivity contribution in [3.05, 3.63) is 114 Å². The van der Waals surface area contributed by atoms with Gasteiger partial charge in [-0.3, -0.25) is 20.2 Å². The molecule has 0 aliphatic carbocycles. The van der Waals surface area contributed by atoms with Crippen molar-refractivity contribution < 1.29 is 15.0 Å². The van der Waals surface area contributed by atoms with Crippen LogP contribution in [0.1, 0.15) is 18.1 Å². The van der Waals surface area contributed by atoms with Gasteiger partial charge in [0.2, 0.25) is 0 Å². The summed E-state index contributed by atoms with van der Waals surface area (Å²) in [4.78, 5) is 33.8. The summed E-state index contributed by atoms with van der Waals surface area (Å²) in [7, 11) is 0. The van der Waals surface area contributed by atoms with Crippen LogP contribution in [0.25, 0.3) is 44.8 Å². The summed E-state index contributed by atoms with van der Waals surface area (Å²) in [6, 6.07) is 21.0. The molecule has 4 aromatic carbocycles. The number of nitro groups is 2. The van der Waals surface area contributed by atoms with Crippen LogP contribution in [-0.2, 0) is 6.54 Å². The number of nitro benzene ring substituents is 2. The molecule has 6 rings (SSSR count). The lowest BCUT2D eigenvalue weighted by Gasteiger charge is -2.12. The third kappa shape index (κ3) is 5.85. The molecular formula is C31H26Cl2N6O5. The Morgan fingerprint density at radius 3 is 1.95 bits per heavy atom. The Hall–Kier alpha value is -4.84. The average molecular weight is 633 g/mol. The van der Waals surface area contributed by atoms with Crippen molar-refractivity contribution in [3.63, 3.8) is 0 Å². The van der Waals surface area contributed by atoms with Gasteiger partial charge in [-0.1, -0.05) is 59.6 Å². The second-order valence-corrected chi connectivity index (χ2v) is 11.0. The van der Waals surface area contributed by atoms with E-state index in [1.165, 1.54) is 12.1 Å². The number of para-hydroxylation sites is 4. The van der Waals surface area contributed by atoms with E-state index in [-0.39, 0.29) is 28.0 Å². The zero-order valence-corrected chi connectivity index (χ0v) is 25.3. The van der Waals surface area contributed by atoms with Gasteiger partial charge in [0.1, 0.15) is 21.7 Å². The van der Waals surface area contributed by atoms with Crippen LogP contribution < -0.4 is 0 Å². The van der Waals surface area contributed by atoms with E-state index in [9.17, 15) is 25.3 Å². The monoisotopic (exact) mass is 632 g/mol. The molecule has 2 N–H and O–H groups in total. The highest BCUT2D eigenvalue weighted by atomic mass is 35.5. The number of nitrogens with one attached hydrogen (secondary N) is 1. The van der Waals surface area contributed by atoms with Crippen molar-refractivity contribution in [2.75, 3.05) is 0 Å². The number of hydrogen-bond acceptors (Lipinski definition) is 7. The quantitative estimate of drug-likeness (QED) is 0.139. The zero-order valence-electron chi connectivity index (χ0n) is 23.8. The van der Waals surface area contributed by atoms with E-state index in [1.54, 1.807) is 35.8 Å². The van der Waals surface area contributed by atoms with E-state index >= 15 is 0 Å². The number of hydrogen-bond donors (Lipinski definition) is 2. The Kier molecular flexibility index (Phi) is 8.63. The van der Waals surface area contributed by atoms with E-state index in [1.807, 2.05) is 50.2 Å². The molecule has 2 heterocycles. The molecule has 1 atom stereocenters. The summed E-state index contributed by atoms with van der Waals surface area (Å²) < 4.78 is 1.80. The van der Waals surface area contributed by atoms with Gasteiger partial charge in [-0.05, 0) is 68.3 Å². The maximum atomic E-state index is 11.5. The number of imidazole rings is 2. The third-order valence-electron chi connectivity index (χ3n) is 6.98. The summed E-state index contributed by atoms with van der Waals surface area (Å²) in [5, 5.41) is 32.7. The molecule has 2 aromatic heterocycles. The van der Waals surface area contributed by atoms with Gasteiger partial charge in [0, 0.05) is 0 Å². The molecule has 0 radical (unpaired) electrons. The van der Waals surface area contributed by atoms with Gasteiger partial charge in [-0.25, -0.2) is 9.97 Å². The Bertz CT molecular complexity index is 2050. The lowest BCUT2D eigenvalue weighted by molar-refractivity contribution is -0.384. The number of aliphatic hydroxyl groups is 1. The summed E-state index contributed by atoms with van der Waals surface area (Å²) >= 11 is 12.0. The molecule has 0 fully saturated rings. The first kappa shape index (κ1) is 30.6. The van der Waals surface area contributed by atoms with Crippen LogP contribution in [0.3, 0.4) is 0 Å². The molecule has 0 saturated carbocycles. The molecule has 13 heteroatoms. The van der Waals surface area contributed by atoms with Crippen LogP contribution in [0.2, 0.25) is 10.0 Å². The lowest BCUT2D eigenvalue weighted by atomic mass is 10.1. The van der Waals surface area contributed by atoms with Gasteiger partial charge in [-0.15, -0.1) is 0 Å². The number of aliphatic hydroxyl groups excluding tert-OH is 1. The Morgan fingerprint density at radius 2 is 1.36 bits per heavy atom. The minimum Gasteiger partial charge on any atom is -0.392 e. The number of aryl methyl sites for hydroxylation is 2. The highest BCUT2D eigenvalue weighted by Gasteiger charge is 2.25. The minimum absolute atomic E-state index is 0.0601. The molecule has 0 amide bonds. The fourth-order valence-electron chi connectivity index (χ4n) is 5.02. The highest BCUT2D eigenvalue weighted by Crippen LogP contribution is 2.38. The van der Waals surface area contributed by atoms with Crippen molar-refractivity contribution >= 4 is 56.6 Å². The van der Waals surface area contributed by atoms with Crippen LogP contribution in [0, 0.1) is 34.1 Å². The molecule has 44 heavy (non-hydrogen) atoms. The number of aromatic amines is 1. The number of aromatic nitrogens is 4. The van der Waals surface area contributed by atoms with Crippen LogP contribution >= 0.6 is 23.2 Å². The molecule has 0 saturated heterocycles. The van der Waals surface area contributed by atoms with Gasteiger partial charge >= 0.3 is 0 Å². The lowest BCUT2D eigenvalue weighted by Crippen LogP contribution is -2.13. The number of benzene rings is 4. The number of H-pyrrole nitrogens is 1. The van der Waals surface area contributed by atoms with Crippen LogP contribution in [0.5, 0.6) is 0 Å². The van der Waals surface area contributed by atoms with Crippen molar-refractivity contribution in [2.24, 2.45) is 0 Å². The number of halogens is 2. The van der Waals surface area contributed by atoms with Crippen LogP contribution in [0.4, 0.5) is 11.4 Å². The Balaban J connectivity index is 0.000000177. The number of fused-ring (bicyclic) bond motifs is 2. The SMILES string of the molecule is Cc1cccc2[nH]c(-c3cccc(Cl)c3[N+](=O)[O-])nc12.Cc1cccc2c1nc(-c1cccc(Cl)c1[N+](=O)[O-])n2CC(C)O. The molecule has 0 aliphatic rings. The van der Waals surface area contributed by atoms with Gasteiger partial charge in [0.25, 0.3) is 11.4 Å². The van der Waals surface area contributed by atoms with E-state index in [0.29, 0.717) is 22.8 Å². The van der Waals surface area contributed by atoms with Crippen molar-refractivity contribution in [1.82, 2.24) is 19.5 Å². The van der Waals surface area contributed by atoms with E-state index in [2.05, 4.69) is 15.0 Å². The summed E-state index contributed by atoms with van der Waals surface area (Å²) in [5.74, 6) is 0.873. The maximum Gasteiger partial charge on any atom is 0.298 e. The maximum absolute atomic E-state index is 11.5. The fraction of sp³-hybridized carbons (Fsp3) is 0.161. The van der Waals surface area contributed by atoms with Gasteiger partial charge in [-0.2, -0.15) is 0 Å².